The second-order valence-electron chi connectivity index (χ2n) is 23.5. The van der Waals surface area contributed by atoms with Crippen molar-refractivity contribution in [3.05, 3.63) is 11.8 Å². The predicted molar refractivity (Wildman–Crippen MR) is 264 cm³/mol. The molecule has 0 aromatic heterocycles. The van der Waals surface area contributed by atoms with Crippen LogP contribution in [-0.4, -0.2) is 168 Å². The predicted octanol–water partition coefficient (Wildman–Crippen LogP) is 5.77. The van der Waals surface area contributed by atoms with Gasteiger partial charge < -0.3 is 83.0 Å². The normalized spacial score (nSPS) is 27.3. The van der Waals surface area contributed by atoms with Crippen LogP contribution in [0.2, 0.25) is 0 Å². The summed E-state index contributed by atoms with van der Waals surface area (Å²) in [5.74, 6) is -2.76. The second kappa shape index (κ2) is 25.3. The lowest BCUT2D eigenvalue weighted by atomic mass is 9.80. The summed E-state index contributed by atoms with van der Waals surface area (Å²) in [7, 11) is 1.40. The van der Waals surface area contributed by atoms with Gasteiger partial charge in [-0.05, 0) is 129 Å². The molecular weight excluding hydrogens is 991 g/mol. The van der Waals surface area contributed by atoms with Crippen molar-refractivity contribution in [3.63, 3.8) is 0 Å². The zero-order valence-corrected chi connectivity index (χ0v) is 47.2. The van der Waals surface area contributed by atoms with Crippen LogP contribution in [0, 0.1) is 0 Å². The van der Waals surface area contributed by atoms with Crippen LogP contribution < -0.4 is 21.3 Å². The maximum atomic E-state index is 14.0. The first-order valence-electron chi connectivity index (χ1n) is 24.8. The van der Waals surface area contributed by atoms with Crippen molar-refractivity contribution in [3.8, 4) is 0 Å². The Kier molecular flexibility index (Phi) is 21.5. The number of amides is 5. The molecule has 0 radical (unpaired) electrons. The van der Waals surface area contributed by atoms with Gasteiger partial charge in [0.1, 0.15) is 64.4 Å². The number of ether oxygens (including phenoxy) is 12. The van der Waals surface area contributed by atoms with E-state index in [1.165, 1.54) is 18.2 Å². The molecule has 5 unspecified atom stereocenters. The van der Waals surface area contributed by atoms with Gasteiger partial charge in [0.15, 0.2) is 18.5 Å². The van der Waals surface area contributed by atoms with E-state index in [9.17, 15) is 38.4 Å². The molecule has 2 fully saturated rings. The van der Waals surface area contributed by atoms with Crippen molar-refractivity contribution in [1.29, 1.82) is 0 Å². The van der Waals surface area contributed by atoms with Gasteiger partial charge >= 0.3 is 48.4 Å². The van der Waals surface area contributed by atoms with E-state index in [4.69, 9.17) is 56.8 Å². The molecule has 428 valence electrons. The largest absolute Gasteiger partial charge is 0.468 e. The molecule has 0 aromatic rings. The summed E-state index contributed by atoms with van der Waals surface area (Å²) in [6, 6.07) is -5.62. The lowest BCUT2D eigenvalue weighted by Gasteiger charge is -2.52. The average molecular weight is 1070 g/mol. The number of hydrogen-bond donors (Lipinski definition) is 4. The quantitative estimate of drug-likeness (QED) is 0.126. The van der Waals surface area contributed by atoms with Gasteiger partial charge in [-0.1, -0.05) is 0 Å². The van der Waals surface area contributed by atoms with E-state index in [-0.39, 0.29) is 19.4 Å². The Morgan fingerprint density at radius 3 is 1.37 bits per heavy atom. The Labute approximate surface area is 440 Å². The summed E-state index contributed by atoms with van der Waals surface area (Å²) in [5.41, 5.74) is -4.63. The minimum atomic E-state index is -1.84. The summed E-state index contributed by atoms with van der Waals surface area (Å²) < 4.78 is 72.2. The Balaban J connectivity index is 2.42. The lowest BCUT2D eigenvalue weighted by molar-refractivity contribution is -0.295. The van der Waals surface area contributed by atoms with Gasteiger partial charge in [0, 0.05) is 34.4 Å². The van der Waals surface area contributed by atoms with Crippen molar-refractivity contribution in [2.24, 2.45) is 0 Å². The molecule has 75 heavy (non-hydrogen) atoms. The first-order valence-corrected chi connectivity index (χ1v) is 24.8. The van der Waals surface area contributed by atoms with Gasteiger partial charge in [-0.2, -0.15) is 0 Å². The molecule has 1 saturated heterocycles. The van der Waals surface area contributed by atoms with Crippen LogP contribution >= 0.6 is 0 Å². The first kappa shape index (κ1) is 63.5. The van der Waals surface area contributed by atoms with Crippen LogP contribution in [-0.2, 0) is 71.2 Å². The Morgan fingerprint density at radius 2 is 0.933 bits per heavy atom. The number of likely N-dealkylation sites (N-methyl/N-ethyl adjacent to an activating group) is 1. The number of nitrogens with zero attached hydrogens (tertiary/aromatic N) is 1. The zero-order chi connectivity index (χ0) is 57.3. The van der Waals surface area contributed by atoms with Crippen LogP contribution in [0.1, 0.15) is 144 Å². The molecule has 12 atom stereocenters. The van der Waals surface area contributed by atoms with Crippen LogP contribution in [0.5, 0.6) is 0 Å². The molecule has 2 heterocycles. The molecule has 1 aliphatic carbocycles. The minimum absolute atomic E-state index is 0.119. The highest BCUT2D eigenvalue weighted by Crippen LogP contribution is 2.37. The standard InChI is InChI=1S/C50H83N5O20/c1-25-24-64-40(37(66-27(3)57)33(25)55(20)45(63)75-50(17,18)19)70-36-32(54-44(62)74-49(14,15)16)34(65-26(2)56)31(53-43(61)73-48(11,12)13)35(38(36)67-28(4)58)69-39-30(52-42(60)72-47(8,9)10)22-21-29(68-39)23-51-41(59)71-46(5,6)7/h24,29-40H,21-23H2,1-20H3,(H,51,59)(H,52,60)(H,53,61)(H,54,62)/t29-,30?,31-,32+,33-,34?,35?,36+,37?,38?,39-,40-/m0/s1. The Hall–Kier alpha value is -5.82. The average Bonchev–Trinajstić information content (AvgIpc) is 3.18. The van der Waals surface area contributed by atoms with Gasteiger partial charge in [-0.3, -0.25) is 14.4 Å². The van der Waals surface area contributed by atoms with Gasteiger partial charge in [0.25, 0.3) is 0 Å². The first-order chi connectivity index (χ1) is 34.1. The number of nitrogens with one attached hydrogen (secondary N) is 4. The van der Waals surface area contributed by atoms with E-state index in [2.05, 4.69) is 21.3 Å². The van der Waals surface area contributed by atoms with Crippen molar-refractivity contribution in [1.82, 2.24) is 26.2 Å². The van der Waals surface area contributed by atoms with Crippen LogP contribution in [0.15, 0.2) is 11.8 Å². The fraction of sp³-hybridized carbons (Fsp3) is 0.800. The molecule has 1 saturated carbocycles. The van der Waals surface area contributed by atoms with Crippen LogP contribution in [0.4, 0.5) is 24.0 Å². The van der Waals surface area contributed by atoms with E-state index in [0.717, 1.165) is 20.8 Å². The van der Waals surface area contributed by atoms with E-state index < -0.39 is 150 Å². The highest BCUT2D eigenvalue weighted by Gasteiger charge is 2.60. The van der Waals surface area contributed by atoms with E-state index in [1.807, 2.05) is 0 Å². The van der Waals surface area contributed by atoms with E-state index in [1.54, 1.807) is 111 Å². The summed E-state index contributed by atoms with van der Waals surface area (Å²) in [6.07, 6.45) is -16.0. The fourth-order valence-corrected chi connectivity index (χ4v) is 8.07. The molecule has 3 aliphatic rings. The fourth-order valence-electron chi connectivity index (χ4n) is 8.07. The molecule has 5 amide bonds. The summed E-state index contributed by atoms with van der Waals surface area (Å²) in [6.45, 7) is 29.2. The topological polar surface area (TPSA) is 299 Å². The third-order valence-electron chi connectivity index (χ3n) is 10.5. The summed E-state index contributed by atoms with van der Waals surface area (Å²) >= 11 is 0. The molecule has 4 N–H and O–H groups in total. The summed E-state index contributed by atoms with van der Waals surface area (Å²) in [4.78, 5) is 109. The maximum absolute atomic E-state index is 14.0. The number of carbonyl (C=O) groups excluding carboxylic acids is 8. The minimum Gasteiger partial charge on any atom is -0.468 e. The van der Waals surface area contributed by atoms with Crippen LogP contribution in [0.25, 0.3) is 0 Å². The highest BCUT2D eigenvalue weighted by atomic mass is 16.7. The van der Waals surface area contributed by atoms with Crippen molar-refractivity contribution in [2.75, 3.05) is 13.6 Å². The molecule has 0 spiro atoms. The molecule has 3 rings (SSSR count). The number of carbonyl (C=O) groups is 8. The maximum Gasteiger partial charge on any atom is 0.410 e. The Bertz CT molecular complexity index is 2070. The van der Waals surface area contributed by atoms with E-state index >= 15 is 0 Å². The van der Waals surface area contributed by atoms with E-state index in [0.29, 0.717) is 5.57 Å². The third-order valence-corrected chi connectivity index (χ3v) is 10.5. The second-order valence-corrected chi connectivity index (χ2v) is 23.5. The van der Waals surface area contributed by atoms with Crippen molar-refractivity contribution in [2.45, 2.75) is 246 Å². The zero-order valence-electron chi connectivity index (χ0n) is 47.2. The number of rotatable bonds is 13. The lowest BCUT2D eigenvalue weighted by Crippen LogP contribution is -2.75. The molecule has 25 heteroatoms. The van der Waals surface area contributed by atoms with Crippen LogP contribution in [0.3, 0.4) is 0 Å². The molecular formula is C50H83N5O20. The van der Waals surface area contributed by atoms with Gasteiger partial charge in [-0.25, -0.2) is 24.0 Å². The Morgan fingerprint density at radius 1 is 0.533 bits per heavy atom. The summed E-state index contributed by atoms with van der Waals surface area (Å²) in [5, 5.41) is 10.8. The smallest absolute Gasteiger partial charge is 0.410 e. The monoisotopic (exact) mass is 1070 g/mol. The van der Waals surface area contributed by atoms with Crippen molar-refractivity contribution >= 4 is 48.4 Å². The number of alkyl carbamates (subject to hydrolysis) is 4. The van der Waals surface area contributed by atoms with Crippen molar-refractivity contribution < 1.29 is 95.2 Å². The third kappa shape index (κ3) is 21.4. The molecule has 25 nitrogen and oxygen atoms in total. The number of esters is 3. The highest BCUT2D eigenvalue weighted by molar-refractivity contribution is 5.72. The van der Waals surface area contributed by atoms with Gasteiger partial charge in [0.2, 0.25) is 6.29 Å². The SMILES string of the molecule is CC(=O)OC1[C@H](NC(=O)OC(C)(C)C)C(O[C@@H]2O[C@H](CNC(=O)OC(C)(C)C)CCC2NC(=O)OC(C)(C)C)C(OC(C)=O)[C@H](O[C@@H]2OC=C(C)[C@H](N(C)C(=O)OC(C)(C)C)C2OC(C)=O)[C@@H]1NC(=O)OC(C)(C)C. The number of hydrogen-bond acceptors (Lipinski definition) is 20. The molecule has 2 aliphatic heterocycles. The van der Waals surface area contributed by atoms with Gasteiger partial charge in [0.05, 0.1) is 18.4 Å². The molecule has 0 aromatic carbocycles. The molecule has 0 bridgehead atoms. The van der Waals surface area contributed by atoms with Gasteiger partial charge in [-0.15, -0.1) is 0 Å².